The zero-order valence-electron chi connectivity index (χ0n) is 21.9. The van der Waals surface area contributed by atoms with Crippen molar-refractivity contribution in [1.29, 1.82) is 0 Å². The van der Waals surface area contributed by atoms with Crippen LogP contribution in [0.15, 0.2) is 148 Å². The van der Waals surface area contributed by atoms with Crippen LogP contribution in [0.1, 0.15) is 11.1 Å². The minimum absolute atomic E-state index is 0.411. The Bertz CT molecular complexity index is 2020. The summed E-state index contributed by atoms with van der Waals surface area (Å²) >= 11 is 0. The molecule has 0 saturated heterocycles. The number of amidine groups is 2. The van der Waals surface area contributed by atoms with Gasteiger partial charge in [0.1, 0.15) is 6.67 Å². The van der Waals surface area contributed by atoms with Crippen molar-refractivity contribution in [2.24, 2.45) is 15.0 Å². The van der Waals surface area contributed by atoms with Crippen molar-refractivity contribution in [3.63, 3.8) is 0 Å². The van der Waals surface area contributed by atoms with Gasteiger partial charge in [0.2, 0.25) is 0 Å². The average Bonchev–Trinajstić information content (AvgIpc) is 3.35. The Morgan fingerprint density at radius 2 is 1.18 bits per heavy atom. The third kappa shape index (κ3) is 4.16. The van der Waals surface area contributed by atoms with E-state index in [0.29, 0.717) is 18.3 Å². The summed E-state index contributed by atoms with van der Waals surface area (Å²) in [5.41, 5.74) is 6.53. The van der Waals surface area contributed by atoms with Gasteiger partial charge in [-0.3, -0.25) is 0 Å². The smallest absolute Gasteiger partial charge is 0.161 e. The van der Waals surface area contributed by atoms with Gasteiger partial charge in [-0.1, -0.05) is 115 Å². The van der Waals surface area contributed by atoms with Gasteiger partial charge in [0.05, 0.1) is 11.0 Å². The van der Waals surface area contributed by atoms with E-state index in [4.69, 9.17) is 9.98 Å². The molecule has 7 aromatic rings. The van der Waals surface area contributed by atoms with Crippen molar-refractivity contribution in [2.75, 3.05) is 0 Å². The molecule has 190 valence electrons. The molecule has 0 N–H and O–H groups in total. The number of hydrogen-bond acceptors (Lipinski definition) is 1. The van der Waals surface area contributed by atoms with Gasteiger partial charge in [-0.15, -0.1) is 0 Å². The van der Waals surface area contributed by atoms with Crippen molar-refractivity contribution < 1.29 is 0 Å². The van der Waals surface area contributed by atoms with E-state index in [2.05, 4.69) is 89.1 Å². The fraction of sp³-hybridized carbons (Fsp3) is 0.0278. The summed E-state index contributed by atoms with van der Waals surface area (Å²) in [4.78, 5) is 14.3. The molecule has 40 heavy (non-hydrogen) atoms. The summed E-state index contributed by atoms with van der Waals surface area (Å²) in [7, 11) is 0. The highest BCUT2D eigenvalue weighted by molar-refractivity contribution is 6.24. The maximum Gasteiger partial charge on any atom is 0.161 e. The lowest BCUT2D eigenvalue weighted by molar-refractivity contribution is 0.791. The molecule has 0 aliphatic carbocycles. The van der Waals surface area contributed by atoms with Gasteiger partial charge in [0.15, 0.2) is 11.7 Å². The fourth-order valence-corrected chi connectivity index (χ4v) is 5.51. The van der Waals surface area contributed by atoms with Crippen LogP contribution in [0.25, 0.3) is 43.7 Å². The molecular weight excluding hydrogens is 488 g/mol. The Morgan fingerprint density at radius 3 is 1.88 bits per heavy atom. The summed E-state index contributed by atoms with van der Waals surface area (Å²) in [6.45, 7) is 4.20. The first-order chi connectivity index (χ1) is 19.8. The minimum atomic E-state index is 0.411. The topological polar surface area (TPSA) is 42.0 Å². The lowest BCUT2D eigenvalue weighted by atomic mass is 9.97. The van der Waals surface area contributed by atoms with E-state index in [1.807, 2.05) is 60.7 Å². The SMILES string of the molecule is C=NC(=N/C(=N\Cn1c2cccc3ccc4cc(-c5ccccc5)cc1c4c32)c1ccccc1)c1ccccc1. The third-order valence-electron chi connectivity index (χ3n) is 7.39. The van der Waals surface area contributed by atoms with Gasteiger partial charge in [0.25, 0.3) is 0 Å². The molecule has 0 spiro atoms. The molecule has 1 heterocycles. The molecule has 1 aromatic heterocycles. The highest BCUT2D eigenvalue weighted by Gasteiger charge is 2.17. The first-order valence-electron chi connectivity index (χ1n) is 13.3. The van der Waals surface area contributed by atoms with Crippen LogP contribution >= 0.6 is 0 Å². The maximum absolute atomic E-state index is 5.12. The van der Waals surface area contributed by atoms with E-state index in [1.54, 1.807) is 0 Å². The number of aromatic nitrogens is 1. The molecule has 0 bridgehead atoms. The van der Waals surface area contributed by atoms with Crippen molar-refractivity contribution in [1.82, 2.24) is 4.57 Å². The van der Waals surface area contributed by atoms with Gasteiger partial charge in [0, 0.05) is 21.9 Å². The zero-order chi connectivity index (χ0) is 26.9. The van der Waals surface area contributed by atoms with Crippen LogP contribution in [0.2, 0.25) is 0 Å². The normalized spacial score (nSPS) is 12.5. The Morgan fingerprint density at radius 1 is 0.550 bits per heavy atom. The van der Waals surface area contributed by atoms with Crippen LogP contribution in [0.5, 0.6) is 0 Å². The predicted molar refractivity (Wildman–Crippen MR) is 169 cm³/mol. The molecule has 0 radical (unpaired) electrons. The molecule has 0 amide bonds. The molecule has 4 heteroatoms. The molecule has 4 nitrogen and oxygen atoms in total. The van der Waals surface area contributed by atoms with Gasteiger partial charge < -0.3 is 4.57 Å². The van der Waals surface area contributed by atoms with Crippen LogP contribution in [0.3, 0.4) is 0 Å². The number of nitrogens with zero attached hydrogens (tertiary/aromatic N) is 4. The van der Waals surface area contributed by atoms with Gasteiger partial charge in [-0.05, 0) is 46.8 Å². The molecule has 6 aromatic carbocycles. The van der Waals surface area contributed by atoms with Crippen LogP contribution in [0.4, 0.5) is 0 Å². The van der Waals surface area contributed by atoms with E-state index < -0.39 is 0 Å². The molecule has 0 aliphatic heterocycles. The third-order valence-corrected chi connectivity index (χ3v) is 7.39. The quantitative estimate of drug-likeness (QED) is 0.125. The Balaban J connectivity index is 1.43. The van der Waals surface area contributed by atoms with Crippen molar-refractivity contribution in [3.05, 3.63) is 145 Å². The second kappa shape index (κ2) is 10.1. The van der Waals surface area contributed by atoms with E-state index in [0.717, 1.165) is 22.2 Å². The predicted octanol–water partition coefficient (Wildman–Crippen LogP) is 8.60. The Labute approximate surface area is 232 Å². The molecule has 0 aliphatic rings. The van der Waals surface area contributed by atoms with Crippen LogP contribution < -0.4 is 0 Å². The number of benzene rings is 6. The van der Waals surface area contributed by atoms with Gasteiger partial charge >= 0.3 is 0 Å². The monoisotopic (exact) mass is 514 g/mol. The van der Waals surface area contributed by atoms with E-state index in [1.165, 1.54) is 32.7 Å². The lowest BCUT2D eigenvalue weighted by Crippen LogP contribution is -2.07. The summed E-state index contributed by atoms with van der Waals surface area (Å²) in [5, 5.41) is 5.00. The van der Waals surface area contributed by atoms with E-state index in [-0.39, 0.29) is 0 Å². The van der Waals surface area contributed by atoms with Crippen LogP contribution in [-0.2, 0) is 6.67 Å². The number of hydrogen-bond donors (Lipinski definition) is 0. The standard InChI is InChI=1S/C36H26N4/c1-37-35(27-14-7-3-8-15-27)39-36(28-16-9-4-10-17-28)38-24-40-31-19-11-18-26-20-21-29-22-30(25-12-5-2-6-13-25)23-32(40)34(29)33(26)31/h2-23H,1,24H2/b38-36-,39-35?. The Kier molecular flexibility index (Phi) is 5.98. The molecule has 0 fully saturated rings. The minimum Gasteiger partial charge on any atom is -0.320 e. The summed E-state index contributed by atoms with van der Waals surface area (Å²) in [5.74, 6) is 1.16. The second-order valence-corrected chi connectivity index (χ2v) is 9.78. The fourth-order valence-electron chi connectivity index (χ4n) is 5.51. The maximum atomic E-state index is 5.12. The Hall–Kier alpha value is -5.35. The largest absolute Gasteiger partial charge is 0.320 e. The van der Waals surface area contributed by atoms with Crippen molar-refractivity contribution >= 4 is 51.0 Å². The average molecular weight is 515 g/mol. The number of rotatable bonds is 5. The second-order valence-electron chi connectivity index (χ2n) is 9.78. The molecule has 0 saturated carbocycles. The van der Waals surface area contributed by atoms with E-state index in [9.17, 15) is 0 Å². The molecule has 0 atom stereocenters. The van der Waals surface area contributed by atoms with Gasteiger partial charge in [-0.25, -0.2) is 15.0 Å². The summed E-state index contributed by atoms with van der Waals surface area (Å²) in [6, 6.07) is 46.0. The first-order valence-corrected chi connectivity index (χ1v) is 13.3. The molecule has 7 rings (SSSR count). The van der Waals surface area contributed by atoms with Crippen LogP contribution in [0, 0.1) is 0 Å². The van der Waals surface area contributed by atoms with Crippen LogP contribution in [-0.4, -0.2) is 23.0 Å². The number of aliphatic imine (C=N–C) groups is 3. The lowest BCUT2D eigenvalue weighted by Gasteiger charge is -2.09. The zero-order valence-corrected chi connectivity index (χ0v) is 21.9. The summed E-state index contributed by atoms with van der Waals surface area (Å²) < 4.78 is 2.30. The molecule has 0 unspecified atom stereocenters. The van der Waals surface area contributed by atoms with Crippen molar-refractivity contribution in [2.45, 2.75) is 6.67 Å². The summed E-state index contributed by atoms with van der Waals surface area (Å²) in [6.07, 6.45) is 0. The van der Waals surface area contributed by atoms with Crippen molar-refractivity contribution in [3.8, 4) is 11.1 Å². The van der Waals surface area contributed by atoms with Gasteiger partial charge in [-0.2, -0.15) is 0 Å². The first kappa shape index (κ1) is 23.7. The molecular formula is C36H26N4. The highest BCUT2D eigenvalue weighted by Crippen LogP contribution is 2.39. The highest BCUT2D eigenvalue weighted by atomic mass is 15.1. The van der Waals surface area contributed by atoms with E-state index >= 15 is 0 Å².